The first-order valence-corrected chi connectivity index (χ1v) is 7.48. The summed E-state index contributed by atoms with van der Waals surface area (Å²) in [6.07, 6.45) is 0.931. The van der Waals surface area contributed by atoms with E-state index in [9.17, 15) is 4.79 Å². The lowest BCUT2D eigenvalue weighted by Crippen LogP contribution is -2.23. The van der Waals surface area contributed by atoms with Crippen molar-refractivity contribution in [1.29, 1.82) is 0 Å². The first-order chi connectivity index (χ1) is 9.58. The maximum absolute atomic E-state index is 12.1. The summed E-state index contributed by atoms with van der Waals surface area (Å²) in [6, 6.07) is 5.16. The molecule has 0 aliphatic rings. The number of carbonyl (C=O) groups excluding carboxylic acids is 1. The van der Waals surface area contributed by atoms with Crippen LogP contribution in [0.4, 0.5) is 11.4 Å². The topological polar surface area (TPSA) is 73.6 Å². The molecule has 0 heterocycles. The third kappa shape index (κ3) is 5.30. The number of anilines is 2. The third-order valence-corrected chi connectivity index (χ3v) is 3.95. The average molecular weight is 298 g/mol. The molecule has 1 atom stereocenters. The molecule has 20 heavy (non-hydrogen) atoms. The van der Waals surface area contributed by atoms with Crippen LogP contribution in [0.15, 0.2) is 18.2 Å². The molecule has 1 aromatic carbocycles. The molecule has 1 amide bonds. The zero-order chi connectivity index (χ0) is 15.0. The molecule has 0 aliphatic heterocycles. The van der Waals surface area contributed by atoms with E-state index in [4.69, 9.17) is 15.2 Å². The predicted octanol–water partition coefficient (Wildman–Crippen LogP) is 2.37. The number of ether oxygens (including phenoxy) is 2. The first kappa shape index (κ1) is 16.7. The number of nitrogens with two attached hydrogens (primary N) is 1. The summed E-state index contributed by atoms with van der Waals surface area (Å²) in [7, 11) is 3.23. The number of benzene rings is 1. The molecule has 6 heteroatoms. The highest BCUT2D eigenvalue weighted by atomic mass is 32.2. The summed E-state index contributed by atoms with van der Waals surface area (Å²) < 4.78 is 10.2. The van der Waals surface area contributed by atoms with E-state index in [-0.39, 0.29) is 11.2 Å². The summed E-state index contributed by atoms with van der Waals surface area (Å²) in [5, 5.41) is 2.71. The highest BCUT2D eigenvalue weighted by Gasteiger charge is 2.15. The van der Waals surface area contributed by atoms with Crippen LogP contribution in [0.25, 0.3) is 0 Å². The van der Waals surface area contributed by atoms with Crippen molar-refractivity contribution in [3.8, 4) is 5.75 Å². The molecule has 5 nitrogen and oxygen atoms in total. The van der Waals surface area contributed by atoms with Gasteiger partial charge in [-0.25, -0.2) is 0 Å². The second kappa shape index (κ2) is 8.71. The van der Waals surface area contributed by atoms with Crippen molar-refractivity contribution in [3.05, 3.63) is 18.2 Å². The van der Waals surface area contributed by atoms with Gasteiger partial charge in [0.15, 0.2) is 0 Å². The molecule has 0 aromatic heterocycles. The molecule has 0 saturated carbocycles. The highest BCUT2D eigenvalue weighted by molar-refractivity contribution is 8.00. The van der Waals surface area contributed by atoms with Gasteiger partial charge in [0, 0.05) is 19.4 Å². The number of hydrogen-bond donors (Lipinski definition) is 2. The van der Waals surface area contributed by atoms with E-state index in [2.05, 4.69) is 5.32 Å². The van der Waals surface area contributed by atoms with Crippen molar-refractivity contribution < 1.29 is 14.3 Å². The van der Waals surface area contributed by atoms with Gasteiger partial charge in [0.1, 0.15) is 5.75 Å². The maximum Gasteiger partial charge on any atom is 0.237 e. The van der Waals surface area contributed by atoms with Gasteiger partial charge in [-0.2, -0.15) is 0 Å². The predicted molar refractivity (Wildman–Crippen MR) is 84.4 cm³/mol. The Morgan fingerprint density at radius 3 is 2.85 bits per heavy atom. The van der Waals surface area contributed by atoms with Crippen LogP contribution in [0, 0.1) is 0 Å². The Bertz CT molecular complexity index is 440. The molecule has 0 bridgehead atoms. The van der Waals surface area contributed by atoms with Gasteiger partial charge in [0.25, 0.3) is 0 Å². The van der Waals surface area contributed by atoms with Gasteiger partial charge >= 0.3 is 0 Å². The van der Waals surface area contributed by atoms with E-state index in [1.807, 2.05) is 6.92 Å². The van der Waals surface area contributed by atoms with Gasteiger partial charge in [-0.1, -0.05) is 0 Å². The van der Waals surface area contributed by atoms with Gasteiger partial charge < -0.3 is 20.5 Å². The Hall–Kier alpha value is -1.40. The van der Waals surface area contributed by atoms with E-state index in [1.165, 1.54) is 0 Å². The number of carbonyl (C=O) groups is 1. The Morgan fingerprint density at radius 2 is 2.20 bits per heavy atom. The standard InChI is InChI=1S/C14H22N2O3S/c1-10(20-8-4-7-18-2)14(17)16-12-9-11(15)5-6-13(12)19-3/h5-6,9-10H,4,7-8,15H2,1-3H3,(H,16,17). The van der Waals surface area contributed by atoms with E-state index in [1.54, 1.807) is 44.2 Å². The molecule has 0 aliphatic carbocycles. The molecular weight excluding hydrogens is 276 g/mol. The van der Waals surface area contributed by atoms with Gasteiger partial charge in [-0.3, -0.25) is 4.79 Å². The lowest BCUT2D eigenvalue weighted by atomic mass is 10.2. The fourth-order valence-corrected chi connectivity index (χ4v) is 2.45. The summed E-state index contributed by atoms with van der Waals surface area (Å²) in [4.78, 5) is 12.1. The lowest BCUT2D eigenvalue weighted by Gasteiger charge is -2.14. The van der Waals surface area contributed by atoms with Crippen molar-refractivity contribution in [3.63, 3.8) is 0 Å². The largest absolute Gasteiger partial charge is 0.495 e. The Morgan fingerprint density at radius 1 is 1.45 bits per heavy atom. The Labute approximate surface area is 124 Å². The van der Waals surface area contributed by atoms with Crippen molar-refractivity contribution in [1.82, 2.24) is 0 Å². The Kier molecular flexibility index (Phi) is 7.25. The second-order valence-electron chi connectivity index (χ2n) is 4.31. The molecule has 0 saturated heterocycles. The summed E-state index contributed by atoms with van der Waals surface area (Å²) in [5.41, 5.74) is 6.91. The monoisotopic (exact) mass is 298 g/mol. The van der Waals surface area contributed by atoms with E-state index in [0.29, 0.717) is 23.7 Å². The maximum atomic E-state index is 12.1. The molecule has 1 aromatic rings. The molecule has 0 radical (unpaired) electrons. The van der Waals surface area contributed by atoms with Gasteiger partial charge in [-0.05, 0) is 37.3 Å². The van der Waals surface area contributed by atoms with Crippen molar-refractivity contribution in [2.45, 2.75) is 18.6 Å². The number of nitrogen functional groups attached to an aromatic ring is 1. The number of rotatable bonds is 8. The molecule has 112 valence electrons. The van der Waals surface area contributed by atoms with E-state index < -0.39 is 0 Å². The van der Waals surface area contributed by atoms with E-state index in [0.717, 1.165) is 12.2 Å². The number of nitrogens with one attached hydrogen (secondary N) is 1. The SMILES string of the molecule is COCCCSC(C)C(=O)Nc1cc(N)ccc1OC. The summed E-state index contributed by atoms with van der Waals surface area (Å²) in [5.74, 6) is 1.43. The minimum Gasteiger partial charge on any atom is -0.495 e. The van der Waals surface area contributed by atoms with Crippen LogP contribution in [0.3, 0.4) is 0 Å². The van der Waals surface area contributed by atoms with Crippen LogP contribution in [0.2, 0.25) is 0 Å². The lowest BCUT2D eigenvalue weighted by molar-refractivity contribution is -0.115. The van der Waals surface area contributed by atoms with Crippen LogP contribution >= 0.6 is 11.8 Å². The van der Waals surface area contributed by atoms with Crippen LogP contribution in [0.1, 0.15) is 13.3 Å². The van der Waals surface area contributed by atoms with Gasteiger partial charge in [0.05, 0.1) is 18.0 Å². The number of thioether (sulfide) groups is 1. The molecule has 3 N–H and O–H groups in total. The summed E-state index contributed by atoms with van der Waals surface area (Å²) in [6.45, 7) is 2.59. The first-order valence-electron chi connectivity index (χ1n) is 6.43. The zero-order valence-corrected chi connectivity index (χ0v) is 13.0. The van der Waals surface area contributed by atoms with Crippen LogP contribution < -0.4 is 15.8 Å². The third-order valence-electron chi connectivity index (χ3n) is 2.71. The molecule has 0 fully saturated rings. The second-order valence-corrected chi connectivity index (χ2v) is 5.76. The molecule has 0 spiro atoms. The van der Waals surface area contributed by atoms with Gasteiger partial charge in [0.2, 0.25) is 5.91 Å². The number of amides is 1. The fraction of sp³-hybridized carbons (Fsp3) is 0.500. The van der Waals surface area contributed by atoms with E-state index >= 15 is 0 Å². The number of methoxy groups -OCH3 is 2. The zero-order valence-electron chi connectivity index (χ0n) is 12.1. The fourth-order valence-electron chi connectivity index (χ4n) is 1.60. The normalized spacial score (nSPS) is 11.9. The Balaban J connectivity index is 2.54. The number of hydrogen-bond acceptors (Lipinski definition) is 5. The quantitative estimate of drug-likeness (QED) is 0.569. The van der Waals surface area contributed by atoms with Crippen LogP contribution in [0.5, 0.6) is 5.75 Å². The molecule has 1 rings (SSSR count). The van der Waals surface area contributed by atoms with Gasteiger partial charge in [-0.15, -0.1) is 11.8 Å². The minimum atomic E-state index is -0.141. The van der Waals surface area contributed by atoms with Crippen LogP contribution in [-0.4, -0.2) is 37.7 Å². The molecule has 1 unspecified atom stereocenters. The van der Waals surface area contributed by atoms with Crippen molar-refractivity contribution >= 4 is 29.0 Å². The molecular formula is C14H22N2O3S. The minimum absolute atomic E-state index is 0.0590. The van der Waals surface area contributed by atoms with Crippen molar-refractivity contribution in [2.24, 2.45) is 0 Å². The van der Waals surface area contributed by atoms with Crippen LogP contribution in [-0.2, 0) is 9.53 Å². The highest BCUT2D eigenvalue weighted by Crippen LogP contribution is 2.27. The smallest absolute Gasteiger partial charge is 0.237 e. The summed E-state index contributed by atoms with van der Waals surface area (Å²) >= 11 is 1.60. The van der Waals surface area contributed by atoms with Crippen molar-refractivity contribution in [2.75, 3.05) is 37.6 Å². The average Bonchev–Trinajstić information content (AvgIpc) is 2.43.